The maximum atomic E-state index is 13.6. The number of hydrogen-bond acceptors (Lipinski definition) is 5. The van der Waals surface area contributed by atoms with E-state index in [-0.39, 0.29) is 19.3 Å². The minimum atomic E-state index is -4.72. The first-order valence-electron chi connectivity index (χ1n) is 8.41. The van der Waals surface area contributed by atoms with Crippen LogP contribution in [0.1, 0.15) is 33.3 Å². The van der Waals surface area contributed by atoms with Gasteiger partial charge in [-0.2, -0.15) is 13.2 Å². The molecule has 158 valence electrons. The minimum Gasteiger partial charge on any atom is -0.358 e. The van der Waals surface area contributed by atoms with E-state index in [4.69, 9.17) is 47.6 Å². The van der Waals surface area contributed by atoms with Gasteiger partial charge in [0.15, 0.2) is 0 Å². The molecule has 1 aromatic heterocycles. The highest BCUT2D eigenvalue weighted by molar-refractivity contribution is 8.23. The van der Waals surface area contributed by atoms with Gasteiger partial charge in [0, 0.05) is 26.2 Å². The van der Waals surface area contributed by atoms with Crippen LogP contribution in [0, 0.1) is 0 Å². The van der Waals surface area contributed by atoms with E-state index in [0.717, 1.165) is 23.5 Å². The SMILES string of the molecule is CCN(CC)C(=S)Sc1nc(Cl)c(C(F)(F)F)c(SC(=S)N(CC)CC)c1Cl. The molecule has 1 aromatic rings. The molecule has 0 aromatic carbocycles. The summed E-state index contributed by atoms with van der Waals surface area (Å²) in [5.41, 5.74) is -1.09. The summed E-state index contributed by atoms with van der Waals surface area (Å²) in [6, 6.07) is 0. The highest BCUT2D eigenvalue weighted by Gasteiger charge is 2.40. The number of thiocarbonyl (C=S) groups is 2. The molecule has 0 fully saturated rings. The summed E-state index contributed by atoms with van der Waals surface area (Å²) >= 11 is 24.7. The average Bonchev–Trinajstić information content (AvgIpc) is 2.60. The van der Waals surface area contributed by atoms with E-state index in [1.165, 1.54) is 0 Å². The molecule has 0 bridgehead atoms. The second-order valence-electron chi connectivity index (χ2n) is 5.30. The molecule has 1 rings (SSSR count). The van der Waals surface area contributed by atoms with Crippen LogP contribution in [0.25, 0.3) is 0 Å². The van der Waals surface area contributed by atoms with Crippen LogP contribution in [0.3, 0.4) is 0 Å². The van der Waals surface area contributed by atoms with E-state index in [1.807, 2.05) is 32.6 Å². The van der Waals surface area contributed by atoms with Crippen molar-refractivity contribution in [2.75, 3.05) is 26.2 Å². The molecular formula is C16H20Cl2F3N3S4. The van der Waals surface area contributed by atoms with Crippen LogP contribution in [0.2, 0.25) is 10.2 Å². The van der Waals surface area contributed by atoms with Crippen LogP contribution in [0.15, 0.2) is 9.92 Å². The Kier molecular flexibility index (Phi) is 10.6. The molecule has 0 unspecified atom stereocenters. The molecule has 0 saturated heterocycles. The van der Waals surface area contributed by atoms with Gasteiger partial charge in [0.05, 0.1) is 9.92 Å². The number of halogens is 5. The van der Waals surface area contributed by atoms with Gasteiger partial charge in [-0.05, 0) is 39.5 Å². The van der Waals surface area contributed by atoms with E-state index >= 15 is 0 Å². The molecule has 0 N–H and O–H groups in total. The maximum Gasteiger partial charge on any atom is 0.420 e. The molecule has 0 aliphatic rings. The molecule has 3 nitrogen and oxygen atoms in total. The molecule has 12 heteroatoms. The monoisotopic (exact) mass is 509 g/mol. The Morgan fingerprint density at radius 2 is 1.36 bits per heavy atom. The Bertz CT molecular complexity index is 724. The Balaban J connectivity index is 3.46. The Labute approximate surface area is 192 Å². The minimum absolute atomic E-state index is 0.126. The topological polar surface area (TPSA) is 19.4 Å². The fraction of sp³-hybridized carbons (Fsp3) is 0.562. The first kappa shape index (κ1) is 26.0. The van der Waals surface area contributed by atoms with E-state index in [2.05, 4.69) is 4.98 Å². The zero-order valence-corrected chi connectivity index (χ0v) is 20.5. The van der Waals surface area contributed by atoms with Crippen LogP contribution in [-0.2, 0) is 6.18 Å². The van der Waals surface area contributed by atoms with Crippen molar-refractivity contribution in [1.29, 1.82) is 0 Å². The highest BCUT2D eigenvalue weighted by Crippen LogP contribution is 2.47. The quantitative estimate of drug-likeness (QED) is 0.234. The summed E-state index contributed by atoms with van der Waals surface area (Å²) in [5, 5.41) is -0.705. The van der Waals surface area contributed by atoms with Gasteiger partial charge in [0.2, 0.25) is 0 Å². The second kappa shape index (κ2) is 11.4. The van der Waals surface area contributed by atoms with E-state index in [9.17, 15) is 13.2 Å². The van der Waals surface area contributed by atoms with E-state index in [0.29, 0.717) is 30.5 Å². The van der Waals surface area contributed by atoms with Crippen molar-refractivity contribution in [3.8, 4) is 0 Å². The third-order valence-corrected chi connectivity index (χ3v) is 7.57. The number of pyridine rings is 1. The summed E-state index contributed by atoms with van der Waals surface area (Å²) < 4.78 is 41.7. The molecule has 0 aliphatic heterocycles. The zero-order chi connectivity index (χ0) is 21.6. The summed E-state index contributed by atoms with van der Waals surface area (Å²) in [5.74, 6) is 0. The fourth-order valence-corrected chi connectivity index (χ4v) is 5.94. The van der Waals surface area contributed by atoms with E-state index < -0.39 is 16.9 Å². The molecule has 28 heavy (non-hydrogen) atoms. The molecule has 0 atom stereocenters. The Hall–Kier alpha value is -0.000000000000000167. The van der Waals surface area contributed by atoms with Crippen molar-refractivity contribution >= 4 is 79.8 Å². The largest absolute Gasteiger partial charge is 0.420 e. The Morgan fingerprint density at radius 3 is 1.75 bits per heavy atom. The Morgan fingerprint density at radius 1 is 0.929 bits per heavy atom. The zero-order valence-electron chi connectivity index (χ0n) is 15.7. The number of alkyl halides is 3. The van der Waals surface area contributed by atoms with E-state index in [1.54, 1.807) is 4.90 Å². The summed E-state index contributed by atoms with van der Waals surface area (Å²) in [6.07, 6.45) is -4.72. The van der Waals surface area contributed by atoms with Crippen molar-refractivity contribution in [1.82, 2.24) is 14.8 Å². The lowest BCUT2D eigenvalue weighted by molar-refractivity contribution is -0.139. The normalized spacial score (nSPS) is 11.5. The first-order valence-corrected chi connectivity index (χ1v) is 11.6. The van der Waals surface area contributed by atoms with Crippen LogP contribution >= 0.6 is 71.2 Å². The third kappa shape index (κ3) is 6.50. The molecule has 0 amide bonds. The van der Waals surface area contributed by atoms with Crippen LogP contribution < -0.4 is 0 Å². The number of thioether (sulfide) groups is 2. The van der Waals surface area contributed by atoms with Crippen molar-refractivity contribution in [2.45, 2.75) is 43.8 Å². The molecule has 1 heterocycles. The predicted octanol–water partition coefficient (Wildman–Crippen LogP) is 6.84. The van der Waals surface area contributed by atoms with Gasteiger partial charge < -0.3 is 9.80 Å². The smallest absolute Gasteiger partial charge is 0.358 e. The molecule has 0 saturated carbocycles. The number of nitrogens with zero attached hydrogens (tertiary/aromatic N) is 3. The summed E-state index contributed by atoms with van der Waals surface area (Å²) in [4.78, 5) is 7.26. The molecule has 0 aliphatic carbocycles. The van der Waals surface area contributed by atoms with Crippen molar-refractivity contribution < 1.29 is 13.2 Å². The maximum absolute atomic E-state index is 13.6. The van der Waals surface area contributed by atoms with Crippen molar-refractivity contribution in [2.24, 2.45) is 0 Å². The third-order valence-electron chi connectivity index (χ3n) is 3.72. The van der Waals surface area contributed by atoms with Crippen molar-refractivity contribution in [3.05, 3.63) is 15.7 Å². The van der Waals surface area contributed by atoms with Gasteiger partial charge in [0.25, 0.3) is 0 Å². The predicted molar refractivity (Wildman–Crippen MR) is 122 cm³/mol. The lowest BCUT2D eigenvalue weighted by Crippen LogP contribution is -2.27. The molecule has 0 radical (unpaired) electrons. The fourth-order valence-electron chi connectivity index (χ4n) is 2.17. The van der Waals surface area contributed by atoms with Gasteiger partial charge in [-0.1, -0.05) is 59.4 Å². The van der Waals surface area contributed by atoms with Gasteiger partial charge in [-0.15, -0.1) is 0 Å². The van der Waals surface area contributed by atoms with Gasteiger partial charge >= 0.3 is 6.18 Å². The van der Waals surface area contributed by atoms with Crippen LogP contribution in [0.5, 0.6) is 0 Å². The lowest BCUT2D eigenvalue weighted by atomic mass is 10.3. The average molecular weight is 511 g/mol. The number of aromatic nitrogens is 1. The van der Waals surface area contributed by atoms with Gasteiger partial charge in [-0.3, -0.25) is 0 Å². The van der Waals surface area contributed by atoms with Crippen LogP contribution in [0.4, 0.5) is 13.2 Å². The van der Waals surface area contributed by atoms with Crippen LogP contribution in [-0.4, -0.2) is 49.6 Å². The molecular weight excluding hydrogens is 490 g/mol. The first-order chi connectivity index (χ1) is 13.0. The standard InChI is InChI=1S/C16H20Cl2F3N3S4/c1-5-23(6-2)14(25)27-11-9(16(19,20)21)12(18)22-13(10(11)17)28-15(26)24(7-3)8-4/h5-8H2,1-4H3. The molecule has 0 spiro atoms. The number of rotatable bonds is 6. The summed E-state index contributed by atoms with van der Waals surface area (Å²) in [7, 11) is 0. The summed E-state index contributed by atoms with van der Waals surface area (Å²) in [6.45, 7) is 10.0. The van der Waals surface area contributed by atoms with Crippen molar-refractivity contribution in [3.63, 3.8) is 0 Å². The van der Waals surface area contributed by atoms with Gasteiger partial charge in [0.1, 0.15) is 24.4 Å². The highest BCUT2D eigenvalue weighted by atomic mass is 35.5. The number of hydrogen-bond donors (Lipinski definition) is 0. The second-order valence-corrected chi connectivity index (χ2v) is 9.31. The van der Waals surface area contributed by atoms with Gasteiger partial charge in [-0.25, -0.2) is 4.98 Å². The lowest BCUT2D eigenvalue weighted by Gasteiger charge is -2.24.